The number of ether oxygens (including phenoxy) is 1. The molecule has 0 aliphatic rings. The van der Waals surface area contributed by atoms with Gasteiger partial charge in [0.15, 0.2) is 0 Å². The monoisotopic (exact) mass is 346 g/mol. The van der Waals surface area contributed by atoms with Crippen molar-refractivity contribution in [1.29, 1.82) is 10.8 Å². The molecule has 3 N–H and O–H groups in total. The number of rotatable bonds is 7. The fourth-order valence-corrected chi connectivity index (χ4v) is 2.50. The van der Waals surface area contributed by atoms with Gasteiger partial charge in [0, 0.05) is 12.4 Å². The predicted octanol–water partition coefficient (Wildman–Crippen LogP) is 3.68. The van der Waals surface area contributed by atoms with E-state index in [0.717, 1.165) is 12.4 Å². The molecule has 0 spiro atoms. The Kier molecular flexibility index (Phi) is 5.64. The molecule has 0 amide bonds. The van der Waals surface area contributed by atoms with Crippen LogP contribution in [0, 0.1) is 22.7 Å². The van der Waals surface area contributed by atoms with Crippen molar-refractivity contribution in [3.63, 3.8) is 0 Å². The fourth-order valence-electron chi connectivity index (χ4n) is 2.39. The summed E-state index contributed by atoms with van der Waals surface area (Å²) in [6.07, 6.45) is 5.10. The molecule has 2 rings (SSSR count). The smallest absolute Gasteiger partial charge is 0.145 e. The van der Waals surface area contributed by atoms with E-state index in [2.05, 4.69) is 9.97 Å². The Labute approximate surface area is 145 Å². The molecule has 0 saturated heterocycles. The highest BCUT2D eigenvalue weighted by Gasteiger charge is 2.40. The maximum Gasteiger partial charge on any atom is 0.145 e. The topological polar surface area (TPSA) is 103 Å². The molecule has 0 aliphatic heterocycles. The first-order valence-corrected chi connectivity index (χ1v) is 7.79. The molecule has 2 heterocycles. The third-order valence-corrected chi connectivity index (χ3v) is 4.05. The highest BCUT2D eigenvalue weighted by Crippen LogP contribution is 2.35. The van der Waals surface area contributed by atoms with Crippen LogP contribution in [0.5, 0.6) is 11.5 Å². The summed E-state index contributed by atoms with van der Waals surface area (Å²) in [4.78, 5) is 8.21. The van der Waals surface area contributed by atoms with Gasteiger partial charge in [0.2, 0.25) is 0 Å². The molecule has 0 aliphatic carbocycles. The summed E-state index contributed by atoms with van der Waals surface area (Å²) >= 11 is 5.73. The molecule has 126 valence electrons. The number of aromatic nitrogens is 2. The minimum atomic E-state index is -1.43. The van der Waals surface area contributed by atoms with Crippen LogP contribution in [0.1, 0.15) is 19.5 Å². The summed E-state index contributed by atoms with van der Waals surface area (Å²) in [5.41, 5.74) is -1.04. The van der Waals surface area contributed by atoms with Gasteiger partial charge >= 0.3 is 0 Å². The molecule has 0 bridgehead atoms. The Bertz CT molecular complexity index is 696. The molecular weight excluding hydrogens is 328 g/mol. The van der Waals surface area contributed by atoms with Crippen LogP contribution in [0.4, 0.5) is 0 Å². The zero-order valence-electron chi connectivity index (χ0n) is 13.4. The second-order valence-corrected chi connectivity index (χ2v) is 6.02. The molecule has 0 fully saturated rings. The lowest BCUT2D eigenvalue weighted by Gasteiger charge is -2.35. The Balaban J connectivity index is 2.27. The van der Waals surface area contributed by atoms with Gasteiger partial charge in [-0.3, -0.25) is 4.98 Å². The Morgan fingerprint density at radius 3 is 2.08 bits per heavy atom. The van der Waals surface area contributed by atoms with E-state index in [1.165, 1.54) is 12.4 Å². The third-order valence-electron chi connectivity index (χ3n) is 3.83. The van der Waals surface area contributed by atoms with Gasteiger partial charge in [-0.1, -0.05) is 25.4 Å². The van der Waals surface area contributed by atoms with Gasteiger partial charge < -0.3 is 20.7 Å². The first-order chi connectivity index (χ1) is 11.4. The number of pyridine rings is 2. The van der Waals surface area contributed by atoms with E-state index < -0.39 is 11.5 Å². The summed E-state index contributed by atoms with van der Waals surface area (Å²) in [6, 6.07) is 6.62. The summed E-state index contributed by atoms with van der Waals surface area (Å²) in [5, 5.41) is 26.3. The molecule has 24 heavy (non-hydrogen) atoms. The quantitative estimate of drug-likeness (QED) is 0.525. The van der Waals surface area contributed by atoms with Crippen molar-refractivity contribution in [3.05, 3.63) is 47.5 Å². The van der Waals surface area contributed by atoms with Crippen LogP contribution in [0.15, 0.2) is 36.7 Å². The summed E-state index contributed by atoms with van der Waals surface area (Å²) < 4.78 is 5.62. The van der Waals surface area contributed by atoms with Crippen LogP contribution in [-0.2, 0) is 5.60 Å². The van der Waals surface area contributed by atoms with Crippen LogP contribution in [0.25, 0.3) is 0 Å². The van der Waals surface area contributed by atoms with Crippen molar-refractivity contribution >= 4 is 24.0 Å². The van der Waals surface area contributed by atoms with Crippen LogP contribution in [0.2, 0.25) is 5.15 Å². The van der Waals surface area contributed by atoms with Crippen LogP contribution < -0.4 is 4.74 Å². The van der Waals surface area contributed by atoms with Crippen LogP contribution in [-0.4, -0.2) is 27.5 Å². The zero-order valence-corrected chi connectivity index (χ0v) is 14.2. The highest BCUT2D eigenvalue weighted by atomic mass is 35.5. The van der Waals surface area contributed by atoms with E-state index in [1.54, 1.807) is 24.3 Å². The summed E-state index contributed by atoms with van der Waals surface area (Å²) in [5.74, 6) is 0.0165. The molecule has 6 nitrogen and oxygen atoms in total. The molecule has 1 atom stereocenters. The van der Waals surface area contributed by atoms with Gasteiger partial charge in [-0.15, -0.1) is 0 Å². The Morgan fingerprint density at radius 1 is 1.08 bits per heavy atom. The molecule has 0 saturated carbocycles. The standard InChI is InChI=1S/C17H19ClN4O2/c1-11(2)17(23,12(7-19)8-20)15-5-3-13(9-21-15)24-14-4-6-16(18)22-10-14/h3-12,19-20,23H,1-2H3. The number of nitrogens with one attached hydrogen (secondary N) is 2. The number of halogens is 1. The molecular formula is C17H19ClN4O2. The molecule has 1 unspecified atom stereocenters. The molecule has 0 aromatic carbocycles. The molecule has 2 aromatic rings. The maximum atomic E-state index is 11.0. The average Bonchev–Trinajstić information content (AvgIpc) is 2.58. The van der Waals surface area contributed by atoms with E-state index >= 15 is 0 Å². The molecule has 2 aromatic heterocycles. The van der Waals surface area contributed by atoms with Gasteiger partial charge in [0.25, 0.3) is 0 Å². The maximum absolute atomic E-state index is 11.0. The minimum absolute atomic E-state index is 0.231. The zero-order chi connectivity index (χ0) is 17.7. The SMILES string of the molecule is CC(C)C(O)(c1ccc(Oc2ccc(Cl)nc2)cn1)C(C=N)C=N. The van der Waals surface area contributed by atoms with Gasteiger partial charge in [0.05, 0.1) is 24.0 Å². The summed E-state index contributed by atoms with van der Waals surface area (Å²) in [7, 11) is 0. The van der Waals surface area contributed by atoms with Crippen molar-refractivity contribution < 1.29 is 9.84 Å². The van der Waals surface area contributed by atoms with E-state index in [-0.39, 0.29) is 5.92 Å². The minimum Gasteiger partial charge on any atom is -0.454 e. The second-order valence-electron chi connectivity index (χ2n) is 5.64. The van der Waals surface area contributed by atoms with Crippen molar-refractivity contribution in [2.75, 3.05) is 0 Å². The van der Waals surface area contributed by atoms with E-state index in [1.807, 2.05) is 13.8 Å². The van der Waals surface area contributed by atoms with Crippen molar-refractivity contribution in [2.45, 2.75) is 19.4 Å². The van der Waals surface area contributed by atoms with E-state index in [0.29, 0.717) is 22.3 Å². The largest absolute Gasteiger partial charge is 0.454 e. The number of nitrogens with zero attached hydrogens (tertiary/aromatic N) is 2. The van der Waals surface area contributed by atoms with Crippen LogP contribution >= 0.6 is 11.6 Å². The second kappa shape index (κ2) is 7.51. The summed E-state index contributed by atoms with van der Waals surface area (Å²) in [6.45, 7) is 3.65. The highest BCUT2D eigenvalue weighted by molar-refractivity contribution is 6.29. The first kappa shape index (κ1) is 18.0. The lowest BCUT2D eigenvalue weighted by Crippen LogP contribution is -2.42. The fraction of sp³-hybridized carbons (Fsp3) is 0.294. The van der Waals surface area contributed by atoms with Gasteiger partial charge in [-0.05, 0) is 30.2 Å². The van der Waals surface area contributed by atoms with E-state index in [9.17, 15) is 5.11 Å². The van der Waals surface area contributed by atoms with Crippen LogP contribution in [0.3, 0.4) is 0 Å². The molecule has 0 radical (unpaired) electrons. The lowest BCUT2D eigenvalue weighted by atomic mass is 9.77. The first-order valence-electron chi connectivity index (χ1n) is 7.41. The van der Waals surface area contributed by atoms with Gasteiger partial charge in [-0.25, -0.2) is 4.98 Å². The number of hydrogen-bond acceptors (Lipinski definition) is 6. The lowest BCUT2D eigenvalue weighted by molar-refractivity contribution is -0.0247. The Hall–Kier alpha value is -2.31. The molecule has 7 heteroatoms. The van der Waals surface area contributed by atoms with Crippen molar-refractivity contribution in [2.24, 2.45) is 11.8 Å². The average molecular weight is 347 g/mol. The van der Waals surface area contributed by atoms with Crippen molar-refractivity contribution in [1.82, 2.24) is 9.97 Å². The predicted molar refractivity (Wildman–Crippen MR) is 93.4 cm³/mol. The van der Waals surface area contributed by atoms with Gasteiger partial charge in [-0.2, -0.15) is 0 Å². The normalized spacial score (nSPS) is 14.7. The van der Waals surface area contributed by atoms with E-state index in [4.69, 9.17) is 27.2 Å². The third kappa shape index (κ3) is 3.60. The number of hydrogen-bond donors (Lipinski definition) is 3. The Morgan fingerprint density at radius 2 is 1.67 bits per heavy atom. The van der Waals surface area contributed by atoms with Crippen molar-refractivity contribution in [3.8, 4) is 11.5 Å². The number of aliphatic hydroxyl groups is 1. The van der Waals surface area contributed by atoms with Gasteiger partial charge in [0.1, 0.15) is 22.3 Å².